The Labute approximate surface area is 94.5 Å². The first-order valence-electron chi connectivity index (χ1n) is 6.33. The Morgan fingerprint density at radius 1 is 1.19 bits per heavy atom. The number of hydrogen-bond donors (Lipinski definition) is 1. The predicted octanol–water partition coefficient (Wildman–Crippen LogP) is 2.04. The number of fused-ring (bicyclic) bond motifs is 3. The van der Waals surface area contributed by atoms with Crippen LogP contribution in [-0.4, -0.2) is 17.2 Å². The second-order valence-electron chi connectivity index (χ2n) is 5.94. The number of carboxylic acids is 1. The molecule has 0 spiro atoms. The monoisotopic (exact) mass is 220 g/mol. The van der Waals surface area contributed by atoms with Gasteiger partial charge in [-0.15, -0.1) is 0 Å². The van der Waals surface area contributed by atoms with Crippen LogP contribution in [0.4, 0.5) is 0 Å². The molecule has 3 heteroatoms. The molecule has 6 atom stereocenters. The van der Waals surface area contributed by atoms with E-state index >= 15 is 0 Å². The average Bonchev–Trinajstić information content (AvgIpc) is 2.84. The van der Waals surface area contributed by atoms with E-state index in [1.807, 2.05) is 0 Å². The topological polar surface area (TPSA) is 46.5 Å². The van der Waals surface area contributed by atoms with Gasteiger partial charge < -0.3 is 9.84 Å². The third kappa shape index (κ3) is 0.969. The SMILES string of the molecule is O=C(O)C1=COC2CC3C4CC1C(C4)C3C2. The molecule has 4 bridgehead atoms. The summed E-state index contributed by atoms with van der Waals surface area (Å²) < 4.78 is 5.65. The summed E-state index contributed by atoms with van der Waals surface area (Å²) in [5.41, 5.74) is 0.544. The van der Waals surface area contributed by atoms with Crippen molar-refractivity contribution in [2.45, 2.75) is 31.8 Å². The van der Waals surface area contributed by atoms with Gasteiger partial charge in [-0.25, -0.2) is 4.79 Å². The second kappa shape index (κ2) is 2.82. The third-order valence-corrected chi connectivity index (χ3v) is 5.46. The Hall–Kier alpha value is -0.990. The molecule has 0 aromatic carbocycles. The summed E-state index contributed by atoms with van der Waals surface area (Å²) in [5, 5.41) is 9.25. The molecule has 16 heavy (non-hydrogen) atoms. The van der Waals surface area contributed by atoms with Gasteiger partial charge in [0, 0.05) is 0 Å². The normalized spacial score (nSPS) is 52.1. The van der Waals surface area contributed by atoms with Gasteiger partial charge in [0.1, 0.15) is 0 Å². The van der Waals surface area contributed by atoms with E-state index in [1.54, 1.807) is 6.26 Å². The van der Waals surface area contributed by atoms with E-state index in [2.05, 4.69) is 0 Å². The lowest BCUT2D eigenvalue weighted by atomic mass is 9.73. The van der Waals surface area contributed by atoms with Crippen molar-refractivity contribution in [2.75, 3.05) is 0 Å². The first kappa shape index (κ1) is 9.08. The highest BCUT2D eigenvalue weighted by Crippen LogP contribution is 2.63. The summed E-state index contributed by atoms with van der Waals surface area (Å²) in [5.74, 6) is 2.54. The molecular formula is C13H16O3. The molecule has 4 rings (SSSR count). The van der Waals surface area contributed by atoms with E-state index in [1.165, 1.54) is 19.3 Å². The molecule has 3 saturated carbocycles. The second-order valence-corrected chi connectivity index (χ2v) is 5.94. The standard InChI is InChI=1S/C13H16O3/c14-13(15)12-5-16-7-3-8-6-1-9(10(12)2-6)11(8)4-7/h5-11H,1-4H2,(H,14,15). The van der Waals surface area contributed by atoms with Crippen LogP contribution in [-0.2, 0) is 9.53 Å². The van der Waals surface area contributed by atoms with Crippen molar-refractivity contribution < 1.29 is 14.6 Å². The van der Waals surface area contributed by atoms with Crippen molar-refractivity contribution in [2.24, 2.45) is 29.6 Å². The quantitative estimate of drug-likeness (QED) is 0.735. The highest BCUT2D eigenvalue weighted by Gasteiger charge is 2.58. The lowest BCUT2D eigenvalue weighted by Crippen LogP contribution is -2.28. The lowest BCUT2D eigenvalue weighted by Gasteiger charge is -2.31. The molecule has 1 N–H and O–H groups in total. The number of hydrogen-bond acceptors (Lipinski definition) is 2. The van der Waals surface area contributed by atoms with Crippen molar-refractivity contribution in [3.63, 3.8) is 0 Å². The van der Waals surface area contributed by atoms with Crippen molar-refractivity contribution >= 4 is 5.97 Å². The molecule has 6 unspecified atom stereocenters. The lowest BCUT2D eigenvalue weighted by molar-refractivity contribution is -0.133. The van der Waals surface area contributed by atoms with Gasteiger partial charge in [-0.05, 0) is 55.3 Å². The molecule has 3 aliphatic carbocycles. The van der Waals surface area contributed by atoms with Crippen LogP contribution in [0.15, 0.2) is 11.8 Å². The number of aliphatic carboxylic acids is 1. The van der Waals surface area contributed by atoms with E-state index in [-0.39, 0.29) is 5.92 Å². The zero-order valence-electron chi connectivity index (χ0n) is 9.13. The molecular weight excluding hydrogens is 204 g/mol. The molecule has 0 aromatic rings. The maximum atomic E-state index is 11.3. The Kier molecular flexibility index (Phi) is 1.60. The highest BCUT2D eigenvalue weighted by atomic mass is 16.5. The first-order valence-corrected chi connectivity index (χ1v) is 6.33. The molecule has 0 radical (unpaired) electrons. The summed E-state index contributed by atoms with van der Waals surface area (Å²) in [6.45, 7) is 0. The molecule has 3 fully saturated rings. The van der Waals surface area contributed by atoms with Gasteiger partial charge in [0.2, 0.25) is 0 Å². The molecule has 0 aromatic heterocycles. The van der Waals surface area contributed by atoms with Crippen LogP contribution in [0, 0.1) is 29.6 Å². The maximum Gasteiger partial charge on any atom is 0.334 e. The van der Waals surface area contributed by atoms with Crippen LogP contribution in [0.25, 0.3) is 0 Å². The smallest absolute Gasteiger partial charge is 0.334 e. The molecule has 3 nitrogen and oxygen atoms in total. The summed E-state index contributed by atoms with van der Waals surface area (Å²) in [6, 6.07) is 0. The summed E-state index contributed by atoms with van der Waals surface area (Å²) in [4.78, 5) is 11.3. The van der Waals surface area contributed by atoms with E-state index in [9.17, 15) is 9.90 Å². The Morgan fingerprint density at radius 3 is 2.81 bits per heavy atom. The van der Waals surface area contributed by atoms with Gasteiger partial charge in [-0.1, -0.05) is 0 Å². The van der Waals surface area contributed by atoms with Crippen LogP contribution in [0.1, 0.15) is 25.7 Å². The largest absolute Gasteiger partial charge is 0.497 e. The van der Waals surface area contributed by atoms with Crippen LogP contribution >= 0.6 is 0 Å². The fraction of sp³-hybridized carbons (Fsp3) is 0.769. The van der Waals surface area contributed by atoms with Crippen molar-refractivity contribution in [1.29, 1.82) is 0 Å². The average molecular weight is 220 g/mol. The fourth-order valence-electron chi connectivity index (χ4n) is 4.96. The Morgan fingerprint density at radius 2 is 2.00 bits per heavy atom. The van der Waals surface area contributed by atoms with Crippen LogP contribution in [0.5, 0.6) is 0 Å². The first-order chi connectivity index (χ1) is 7.74. The minimum absolute atomic E-state index is 0.280. The number of ether oxygens (including phenoxy) is 1. The zero-order chi connectivity index (χ0) is 10.9. The molecule has 0 amide bonds. The zero-order valence-corrected chi connectivity index (χ0v) is 9.13. The number of carbonyl (C=O) groups is 1. The Bertz CT molecular complexity index is 385. The van der Waals surface area contributed by atoms with E-state index in [0.717, 1.165) is 24.2 Å². The van der Waals surface area contributed by atoms with Gasteiger partial charge in [0.15, 0.2) is 0 Å². The van der Waals surface area contributed by atoms with Crippen LogP contribution in [0.3, 0.4) is 0 Å². The molecule has 4 aliphatic rings. The van der Waals surface area contributed by atoms with Crippen LogP contribution in [0.2, 0.25) is 0 Å². The minimum Gasteiger partial charge on any atom is -0.497 e. The van der Waals surface area contributed by atoms with Gasteiger partial charge in [-0.3, -0.25) is 0 Å². The minimum atomic E-state index is -0.768. The highest BCUT2D eigenvalue weighted by molar-refractivity contribution is 5.87. The van der Waals surface area contributed by atoms with E-state index in [4.69, 9.17) is 4.74 Å². The summed E-state index contributed by atoms with van der Waals surface area (Å²) in [6.07, 6.45) is 6.58. The van der Waals surface area contributed by atoms with Crippen LogP contribution < -0.4 is 0 Å². The Balaban J connectivity index is 1.79. The summed E-state index contributed by atoms with van der Waals surface area (Å²) >= 11 is 0. The number of carboxylic acid groups (broad SMARTS) is 1. The summed E-state index contributed by atoms with van der Waals surface area (Å²) in [7, 11) is 0. The van der Waals surface area contributed by atoms with E-state index in [0.29, 0.717) is 17.6 Å². The fourth-order valence-corrected chi connectivity index (χ4v) is 4.96. The third-order valence-electron chi connectivity index (χ3n) is 5.46. The molecule has 0 saturated heterocycles. The van der Waals surface area contributed by atoms with Crippen molar-refractivity contribution in [3.05, 3.63) is 11.8 Å². The van der Waals surface area contributed by atoms with Gasteiger partial charge >= 0.3 is 5.97 Å². The molecule has 1 aliphatic heterocycles. The van der Waals surface area contributed by atoms with Gasteiger partial charge in [-0.2, -0.15) is 0 Å². The van der Waals surface area contributed by atoms with E-state index < -0.39 is 5.97 Å². The predicted molar refractivity (Wildman–Crippen MR) is 56.5 cm³/mol. The van der Waals surface area contributed by atoms with Crippen molar-refractivity contribution in [3.8, 4) is 0 Å². The molecule has 1 heterocycles. The molecule has 86 valence electrons. The van der Waals surface area contributed by atoms with Crippen molar-refractivity contribution in [1.82, 2.24) is 0 Å². The van der Waals surface area contributed by atoms with Gasteiger partial charge in [0.05, 0.1) is 17.9 Å². The van der Waals surface area contributed by atoms with Gasteiger partial charge in [0.25, 0.3) is 0 Å². The number of rotatable bonds is 1. The maximum absolute atomic E-state index is 11.3.